The molecule has 2 rings (SSSR count). The number of hydrogen-bond donors (Lipinski definition) is 1. The molecule has 1 amide bonds. The highest BCUT2D eigenvalue weighted by atomic mass is 16.1. The predicted octanol–water partition coefficient (Wildman–Crippen LogP) is 1.62. The Bertz CT molecular complexity index is 545. The average Bonchev–Trinajstić information content (AvgIpc) is 2.78. The third kappa shape index (κ3) is 2.18. The van der Waals surface area contributed by atoms with E-state index in [9.17, 15) is 4.79 Å². The maximum absolute atomic E-state index is 11.3. The number of carbonyl (C=O) groups excluding carboxylic acids is 1. The standard InChI is InChI=1S/C12H14N4O/c1-8(2)16-7-5-10(15-16)11-9(12(13)17)4-3-6-14-11/h3-8H,1-2H3,(H2,13,17). The van der Waals surface area contributed by atoms with Gasteiger partial charge in [0.1, 0.15) is 11.4 Å². The van der Waals surface area contributed by atoms with Gasteiger partial charge in [-0.15, -0.1) is 0 Å². The van der Waals surface area contributed by atoms with Crippen LogP contribution in [-0.4, -0.2) is 20.7 Å². The van der Waals surface area contributed by atoms with E-state index in [0.29, 0.717) is 17.0 Å². The Morgan fingerprint density at radius 1 is 1.41 bits per heavy atom. The Morgan fingerprint density at radius 2 is 2.18 bits per heavy atom. The van der Waals surface area contributed by atoms with E-state index in [-0.39, 0.29) is 6.04 Å². The van der Waals surface area contributed by atoms with E-state index in [1.165, 1.54) is 0 Å². The van der Waals surface area contributed by atoms with Gasteiger partial charge in [-0.2, -0.15) is 5.10 Å². The van der Waals surface area contributed by atoms with Crippen LogP contribution in [0.5, 0.6) is 0 Å². The van der Waals surface area contributed by atoms with Crippen LogP contribution in [0.25, 0.3) is 11.4 Å². The van der Waals surface area contributed by atoms with E-state index in [4.69, 9.17) is 5.73 Å². The maximum atomic E-state index is 11.3. The highest BCUT2D eigenvalue weighted by molar-refractivity contribution is 5.98. The first kappa shape index (κ1) is 11.3. The number of pyridine rings is 1. The molecule has 2 aromatic heterocycles. The summed E-state index contributed by atoms with van der Waals surface area (Å²) in [5.74, 6) is -0.493. The minimum atomic E-state index is -0.493. The van der Waals surface area contributed by atoms with Crippen molar-refractivity contribution in [3.8, 4) is 11.4 Å². The van der Waals surface area contributed by atoms with Crippen LogP contribution in [-0.2, 0) is 0 Å². The van der Waals surface area contributed by atoms with Crippen molar-refractivity contribution in [2.24, 2.45) is 5.73 Å². The molecule has 0 bridgehead atoms. The predicted molar refractivity (Wildman–Crippen MR) is 64.4 cm³/mol. The number of rotatable bonds is 3. The van der Waals surface area contributed by atoms with E-state index < -0.39 is 5.91 Å². The molecule has 0 aliphatic rings. The molecular formula is C12H14N4O. The van der Waals surface area contributed by atoms with Crippen LogP contribution in [0.2, 0.25) is 0 Å². The van der Waals surface area contributed by atoms with Crippen LogP contribution < -0.4 is 5.73 Å². The first-order valence-electron chi connectivity index (χ1n) is 5.40. The summed E-state index contributed by atoms with van der Waals surface area (Å²) in [6.45, 7) is 4.06. The molecule has 0 saturated heterocycles. The summed E-state index contributed by atoms with van der Waals surface area (Å²) >= 11 is 0. The summed E-state index contributed by atoms with van der Waals surface area (Å²) in [4.78, 5) is 15.4. The zero-order valence-corrected chi connectivity index (χ0v) is 9.79. The first-order valence-corrected chi connectivity index (χ1v) is 5.40. The van der Waals surface area contributed by atoms with E-state index >= 15 is 0 Å². The van der Waals surface area contributed by atoms with Crippen LogP contribution in [0.3, 0.4) is 0 Å². The number of nitrogens with two attached hydrogens (primary N) is 1. The molecule has 88 valence electrons. The second-order valence-corrected chi connectivity index (χ2v) is 4.04. The van der Waals surface area contributed by atoms with Gasteiger partial charge < -0.3 is 5.73 Å². The lowest BCUT2D eigenvalue weighted by Crippen LogP contribution is -2.13. The first-order chi connectivity index (χ1) is 8.09. The van der Waals surface area contributed by atoms with Crippen molar-refractivity contribution in [3.05, 3.63) is 36.2 Å². The number of amides is 1. The van der Waals surface area contributed by atoms with Gasteiger partial charge in [-0.05, 0) is 32.0 Å². The Balaban J connectivity index is 2.49. The molecule has 2 N–H and O–H groups in total. The molecular weight excluding hydrogens is 216 g/mol. The monoisotopic (exact) mass is 230 g/mol. The molecule has 5 nitrogen and oxygen atoms in total. The molecule has 0 aromatic carbocycles. The normalized spacial score (nSPS) is 10.8. The Hall–Kier alpha value is -2.17. The molecule has 2 heterocycles. The Morgan fingerprint density at radius 3 is 2.76 bits per heavy atom. The second kappa shape index (κ2) is 4.37. The van der Waals surface area contributed by atoms with Gasteiger partial charge in [0.25, 0.3) is 5.91 Å². The van der Waals surface area contributed by atoms with Crippen LogP contribution in [0, 0.1) is 0 Å². The second-order valence-electron chi connectivity index (χ2n) is 4.04. The van der Waals surface area contributed by atoms with E-state index in [1.807, 2.05) is 30.8 Å². The van der Waals surface area contributed by atoms with Crippen molar-refractivity contribution in [1.29, 1.82) is 0 Å². The minimum Gasteiger partial charge on any atom is -0.366 e. The smallest absolute Gasteiger partial charge is 0.250 e. The zero-order chi connectivity index (χ0) is 12.4. The quantitative estimate of drug-likeness (QED) is 0.870. The minimum absolute atomic E-state index is 0.268. The van der Waals surface area contributed by atoms with Gasteiger partial charge in [0.05, 0.1) is 5.56 Å². The van der Waals surface area contributed by atoms with Crippen molar-refractivity contribution in [1.82, 2.24) is 14.8 Å². The van der Waals surface area contributed by atoms with E-state index in [0.717, 1.165) is 0 Å². The fourth-order valence-electron chi connectivity index (χ4n) is 1.56. The van der Waals surface area contributed by atoms with Crippen molar-refractivity contribution < 1.29 is 4.79 Å². The maximum Gasteiger partial charge on any atom is 0.250 e. The van der Waals surface area contributed by atoms with Crippen LogP contribution >= 0.6 is 0 Å². The van der Waals surface area contributed by atoms with E-state index in [1.54, 1.807) is 18.3 Å². The summed E-state index contributed by atoms with van der Waals surface area (Å²) in [6.07, 6.45) is 3.48. The van der Waals surface area contributed by atoms with Crippen LogP contribution in [0.15, 0.2) is 30.6 Å². The summed E-state index contributed by atoms with van der Waals surface area (Å²) < 4.78 is 1.81. The Kier molecular flexibility index (Phi) is 2.91. The molecule has 0 radical (unpaired) electrons. The number of hydrogen-bond acceptors (Lipinski definition) is 3. The summed E-state index contributed by atoms with van der Waals surface area (Å²) in [5.41, 5.74) is 6.88. The highest BCUT2D eigenvalue weighted by Gasteiger charge is 2.13. The van der Waals surface area contributed by atoms with Gasteiger partial charge >= 0.3 is 0 Å². The van der Waals surface area contributed by atoms with Crippen LogP contribution in [0.4, 0.5) is 0 Å². The fraction of sp³-hybridized carbons (Fsp3) is 0.250. The van der Waals surface area contributed by atoms with E-state index in [2.05, 4.69) is 10.1 Å². The molecule has 0 saturated carbocycles. The summed E-state index contributed by atoms with van der Waals surface area (Å²) in [7, 11) is 0. The zero-order valence-electron chi connectivity index (χ0n) is 9.79. The van der Waals surface area contributed by atoms with Gasteiger partial charge in [0, 0.05) is 18.4 Å². The van der Waals surface area contributed by atoms with Crippen molar-refractivity contribution >= 4 is 5.91 Å². The molecule has 0 aliphatic carbocycles. The van der Waals surface area contributed by atoms with Gasteiger partial charge in [-0.3, -0.25) is 14.5 Å². The lowest BCUT2D eigenvalue weighted by atomic mass is 10.1. The largest absolute Gasteiger partial charge is 0.366 e. The van der Waals surface area contributed by atoms with Crippen molar-refractivity contribution in [2.45, 2.75) is 19.9 Å². The van der Waals surface area contributed by atoms with Crippen LogP contribution in [0.1, 0.15) is 30.2 Å². The summed E-state index contributed by atoms with van der Waals surface area (Å²) in [6, 6.07) is 5.43. The molecule has 0 aliphatic heterocycles. The molecule has 0 fully saturated rings. The molecule has 5 heteroatoms. The number of nitrogens with zero attached hydrogens (tertiary/aromatic N) is 3. The van der Waals surface area contributed by atoms with Gasteiger partial charge in [0.15, 0.2) is 0 Å². The molecule has 17 heavy (non-hydrogen) atoms. The molecule has 0 spiro atoms. The summed E-state index contributed by atoms with van der Waals surface area (Å²) in [5, 5.41) is 4.37. The lowest BCUT2D eigenvalue weighted by Gasteiger charge is -2.05. The highest BCUT2D eigenvalue weighted by Crippen LogP contribution is 2.19. The molecule has 0 unspecified atom stereocenters. The SMILES string of the molecule is CC(C)n1ccc(-c2ncccc2C(N)=O)n1. The third-order valence-corrected chi connectivity index (χ3v) is 2.45. The average molecular weight is 230 g/mol. The van der Waals surface area contributed by atoms with Gasteiger partial charge in [-0.25, -0.2) is 0 Å². The van der Waals surface area contributed by atoms with Crippen molar-refractivity contribution in [2.75, 3.05) is 0 Å². The number of carbonyl (C=O) groups is 1. The van der Waals surface area contributed by atoms with Crippen molar-refractivity contribution in [3.63, 3.8) is 0 Å². The fourth-order valence-corrected chi connectivity index (χ4v) is 1.56. The molecule has 0 atom stereocenters. The number of primary amides is 1. The topological polar surface area (TPSA) is 73.8 Å². The molecule has 2 aromatic rings. The van der Waals surface area contributed by atoms with Gasteiger partial charge in [0.2, 0.25) is 0 Å². The van der Waals surface area contributed by atoms with Gasteiger partial charge in [-0.1, -0.05) is 0 Å². The Labute approximate surface area is 99.3 Å². The lowest BCUT2D eigenvalue weighted by molar-refractivity contribution is 0.100. The third-order valence-electron chi connectivity index (χ3n) is 2.45. The number of aromatic nitrogens is 3.